The Hall–Kier alpha value is -1.14. The molecule has 2 aliphatic heterocycles. The van der Waals surface area contributed by atoms with E-state index in [-0.39, 0.29) is 18.0 Å². The van der Waals surface area contributed by atoms with E-state index in [0.717, 1.165) is 19.5 Å². The van der Waals surface area contributed by atoms with Crippen LogP contribution in [0.25, 0.3) is 0 Å². The van der Waals surface area contributed by atoms with Crippen LogP contribution in [0.15, 0.2) is 0 Å². The fourth-order valence-corrected chi connectivity index (χ4v) is 2.14. The molecule has 0 aromatic heterocycles. The van der Waals surface area contributed by atoms with Gasteiger partial charge in [-0.05, 0) is 6.42 Å². The largest absolute Gasteiger partial charge is 0.379 e. The molecule has 96 valence electrons. The van der Waals surface area contributed by atoms with Crippen molar-refractivity contribution in [2.75, 3.05) is 33.0 Å². The molecule has 6 nitrogen and oxygen atoms in total. The number of hydrogen-bond donors (Lipinski definition) is 1. The van der Waals surface area contributed by atoms with E-state index < -0.39 is 0 Å². The monoisotopic (exact) mass is 241 g/mol. The Bertz CT molecular complexity index is 302. The lowest BCUT2D eigenvalue weighted by molar-refractivity contribution is -0.129. The van der Waals surface area contributed by atoms with E-state index in [0.29, 0.717) is 26.3 Å². The van der Waals surface area contributed by atoms with Crippen molar-refractivity contribution in [1.29, 1.82) is 0 Å². The zero-order chi connectivity index (χ0) is 12.3. The van der Waals surface area contributed by atoms with Gasteiger partial charge in [0.05, 0.1) is 19.9 Å². The number of rotatable bonds is 4. The molecule has 0 radical (unpaired) electrons. The SMILES string of the molecule is CCC[C@@H]1NC(=O)N(CN2CCOCC2)C1=O. The molecule has 17 heavy (non-hydrogen) atoms. The fourth-order valence-electron chi connectivity index (χ4n) is 2.14. The maximum absolute atomic E-state index is 12.0. The van der Waals surface area contributed by atoms with Gasteiger partial charge in [0.1, 0.15) is 6.04 Å². The van der Waals surface area contributed by atoms with Crippen molar-refractivity contribution in [3.8, 4) is 0 Å². The van der Waals surface area contributed by atoms with Crippen LogP contribution in [0.2, 0.25) is 0 Å². The lowest BCUT2D eigenvalue weighted by Gasteiger charge is -2.29. The summed E-state index contributed by atoms with van der Waals surface area (Å²) in [6.45, 7) is 5.27. The number of carbonyl (C=O) groups excluding carboxylic acids is 2. The second kappa shape index (κ2) is 5.46. The van der Waals surface area contributed by atoms with Crippen LogP contribution in [0.3, 0.4) is 0 Å². The summed E-state index contributed by atoms with van der Waals surface area (Å²) in [6, 6.07) is -0.589. The molecule has 1 atom stereocenters. The number of amides is 3. The predicted octanol–water partition coefficient (Wildman–Crippen LogP) is -0.00340. The molecule has 6 heteroatoms. The number of urea groups is 1. The van der Waals surface area contributed by atoms with Crippen molar-refractivity contribution in [2.45, 2.75) is 25.8 Å². The first-order chi connectivity index (χ1) is 8.22. The quantitative estimate of drug-likeness (QED) is 0.704. The van der Waals surface area contributed by atoms with Gasteiger partial charge in [-0.15, -0.1) is 0 Å². The number of morpholine rings is 1. The van der Waals surface area contributed by atoms with Gasteiger partial charge in [0.25, 0.3) is 5.91 Å². The molecule has 1 N–H and O–H groups in total. The third-order valence-electron chi connectivity index (χ3n) is 3.13. The Morgan fingerprint density at radius 3 is 2.71 bits per heavy atom. The van der Waals surface area contributed by atoms with E-state index in [1.807, 2.05) is 6.92 Å². The van der Waals surface area contributed by atoms with Crippen LogP contribution >= 0.6 is 0 Å². The average Bonchev–Trinajstić information content (AvgIpc) is 2.59. The molecule has 0 aromatic rings. The molecule has 2 heterocycles. The highest BCUT2D eigenvalue weighted by atomic mass is 16.5. The van der Waals surface area contributed by atoms with Gasteiger partial charge in [-0.3, -0.25) is 9.69 Å². The first-order valence-corrected chi connectivity index (χ1v) is 6.14. The number of carbonyl (C=O) groups is 2. The van der Waals surface area contributed by atoms with Gasteiger partial charge in [-0.1, -0.05) is 13.3 Å². The Balaban J connectivity index is 1.91. The molecule has 0 spiro atoms. The van der Waals surface area contributed by atoms with E-state index in [2.05, 4.69) is 10.2 Å². The van der Waals surface area contributed by atoms with Crippen LogP contribution in [0.5, 0.6) is 0 Å². The number of imide groups is 1. The highest BCUT2D eigenvalue weighted by Crippen LogP contribution is 2.12. The van der Waals surface area contributed by atoms with Gasteiger partial charge in [0.2, 0.25) is 0 Å². The Kier molecular flexibility index (Phi) is 3.96. The third-order valence-corrected chi connectivity index (χ3v) is 3.13. The first-order valence-electron chi connectivity index (χ1n) is 6.14. The fraction of sp³-hybridized carbons (Fsp3) is 0.818. The minimum absolute atomic E-state index is 0.0941. The molecular weight excluding hydrogens is 222 g/mol. The van der Waals surface area contributed by atoms with Crippen LogP contribution < -0.4 is 5.32 Å². The molecular formula is C11H19N3O3. The van der Waals surface area contributed by atoms with E-state index in [4.69, 9.17) is 4.74 Å². The van der Waals surface area contributed by atoms with E-state index in [1.165, 1.54) is 4.90 Å². The van der Waals surface area contributed by atoms with Crippen molar-refractivity contribution in [2.24, 2.45) is 0 Å². The third kappa shape index (κ3) is 2.76. The summed E-state index contributed by atoms with van der Waals surface area (Å²) in [4.78, 5) is 27.0. The molecule has 0 aromatic carbocycles. The smallest absolute Gasteiger partial charge is 0.325 e. The number of nitrogens with zero attached hydrogens (tertiary/aromatic N) is 2. The minimum Gasteiger partial charge on any atom is -0.379 e. The summed E-state index contributed by atoms with van der Waals surface area (Å²) in [5, 5.41) is 2.72. The maximum atomic E-state index is 12.0. The van der Waals surface area contributed by atoms with Crippen LogP contribution in [-0.4, -0.2) is 60.8 Å². The summed E-state index contributed by atoms with van der Waals surface area (Å²) in [6.07, 6.45) is 1.60. The van der Waals surface area contributed by atoms with Crippen molar-refractivity contribution in [3.05, 3.63) is 0 Å². The molecule has 2 aliphatic rings. The van der Waals surface area contributed by atoms with Crippen LogP contribution in [0.4, 0.5) is 4.79 Å². The minimum atomic E-state index is -0.325. The zero-order valence-corrected chi connectivity index (χ0v) is 10.1. The molecule has 2 fully saturated rings. The highest BCUT2D eigenvalue weighted by molar-refractivity contribution is 6.04. The Labute approximate surface area is 101 Å². The normalized spacial score (nSPS) is 26.4. The van der Waals surface area contributed by atoms with Gasteiger partial charge in [-0.25, -0.2) is 9.69 Å². The van der Waals surface area contributed by atoms with Crippen molar-refractivity contribution in [3.63, 3.8) is 0 Å². The molecule has 0 saturated carbocycles. The van der Waals surface area contributed by atoms with Gasteiger partial charge in [-0.2, -0.15) is 0 Å². The molecule has 0 unspecified atom stereocenters. The summed E-state index contributed by atoms with van der Waals surface area (Å²) in [5.41, 5.74) is 0. The van der Waals surface area contributed by atoms with Gasteiger partial charge in [0, 0.05) is 13.1 Å². The van der Waals surface area contributed by atoms with E-state index in [1.54, 1.807) is 0 Å². The average molecular weight is 241 g/mol. The second-order valence-electron chi connectivity index (χ2n) is 4.43. The van der Waals surface area contributed by atoms with Crippen molar-refractivity contribution >= 4 is 11.9 Å². The van der Waals surface area contributed by atoms with Gasteiger partial charge >= 0.3 is 6.03 Å². The Morgan fingerprint density at radius 2 is 2.06 bits per heavy atom. The second-order valence-corrected chi connectivity index (χ2v) is 4.43. The van der Waals surface area contributed by atoms with Gasteiger partial charge in [0.15, 0.2) is 0 Å². The number of hydrogen-bond acceptors (Lipinski definition) is 4. The number of ether oxygens (including phenoxy) is 1. The van der Waals surface area contributed by atoms with E-state index >= 15 is 0 Å². The molecule has 2 saturated heterocycles. The predicted molar refractivity (Wildman–Crippen MR) is 61.3 cm³/mol. The van der Waals surface area contributed by atoms with Crippen LogP contribution in [0, 0.1) is 0 Å². The lowest BCUT2D eigenvalue weighted by Crippen LogP contribution is -2.46. The summed E-state index contributed by atoms with van der Waals surface area (Å²) >= 11 is 0. The van der Waals surface area contributed by atoms with Crippen molar-refractivity contribution in [1.82, 2.24) is 15.1 Å². The van der Waals surface area contributed by atoms with Crippen LogP contribution in [0.1, 0.15) is 19.8 Å². The Morgan fingerprint density at radius 1 is 1.35 bits per heavy atom. The summed E-state index contributed by atoms with van der Waals surface area (Å²) in [7, 11) is 0. The van der Waals surface area contributed by atoms with Gasteiger partial charge < -0.3 is 10.1 Å². The standard InChI is InChI=1S/C11H19N3O3/c1-2-3-9-10(15)14(11(16)12-9)8-13-4-6-17-7-5-13/h9H,2-8H2,1H3,(H,12,16)/t9-/m0/s1. The van der Waals surface area contributed by atoms with E-state index in [9.17, 15) is 9.59 Å². The molecule has 2 rings (SSSR count). The first kappa shape index (κ1) is 12.3. The maximum Gasteiger partial charge on any atom is 0.325 e. The zero-order valence-electron chi connectivity index (χ0n) is 10.1. The van der Waals surface area contributed by atoms with Crippen molar-refractivity contribution < 1.29 is 14.3 Å². The molecule has 3 amide bonds. The lowest BCUT2D eigenvalue weighted by atomic mass is 10.2. The topological polar surface area (TPSA) is 61.9 Å². The summed E-state index contributed by atoms with van der Waals surface area (Å²) < 4.78 is 5.23. The number of nitrogens with one attached hydrogen (secondary N) is 1. The van der Waals surface area contributed by atoms with Crippen LogP contribution in [-0.2, 0) is 9.53 Å². The molecule has 0 bridgehead atoms. The molecule has 0 aliphatic carbocycles. The highest BCUT2D eigenvalue weighted by Gasteiger charge is 2.38. The summed E-state index contributed by atoms with van der Waals surface area (Å²) in [5.74, 6) is -0.0941.